The second-order valence-electron chi connectivity index (χ2n) is 9.62. The number of nitrogens with one attached hydrogen (secondary N) is 1. The van der Waals surface area contributed by atoms with Crippen molar-refractivity contribution in [1.29, 1.82) is 0 Å². The van der Waals surface area contributed by atoms with Crippen molar-refractivity contribution in [3.63, 3.8) is 0 Å². The molecule has 0 aromatic heterocycles. The Morgan fingerprint density at radius 3 is 2.34 bits per heavy atom. The van der Waals surface area contributed by atoms with Gasteiger partial charge < -0.3 is 10.2 Å². The van der Waals surface area contributed by atoms with Gasteiger partial charge in [0, 0.05) is 26.1 Å². The molecular formula is C28H36N2O2. The molecule has 1 saturated carbocycles. The van der Waals surface area contributed by atoms with E-state index in [0.717, 1.165) is 12.8 Å². The summed E-state index contributed by atoms with van der Waals surface area (Å²) in [6.45, 7) is 3.97. The minimum absolute atomic E-state index is 0.132. The van der Waals surface area contributed by atoms with Gasteiger partial charge in [-0.1, -0.05) is 67.4 Å². The Hall–Kier alpha value is -2.62. The number of benzene rings is 2. The van der Waals surface area contributed by atoms with Crippen LogP contribution in [0, 0.1) is 11.3 Å². The van der Waals surface area contributed by atoms with Crippen LogP contribution in [0.3, 0.4) is 0 Å². The van der Waals surface area contributed by atoms with E-state index in [1.807, 2.05) is 17.9 Å². The summed E-state index contributed by atoms with van der Waals surface area (Å²) in [5.74, 6) is 0.985. The summed E-state index contributed by atoms with van der Waals surface area (Å²) in [6, 6.07) is 18.9. The number of rotatable bonds is 7. The summed E-state index contributed by atoms with van der Waals surface area (Å²) in [5, 5.41) is 3.08. The van der Waals surface area contributed by atoms with Crippen LogP contribution in [0.5, 0.6) is 0 Å². The monoisotopic (exact) mass is 432 g/mol. The lowest BCUT2D eigenvalue weighted by atomic mass is 9.72. The molecule has 0 radical (unpaired) electrons. The van der Waals surface area contributed by atoms with Gasteiger partial charge in [-0.05, 0) is 61.6 Å². The van der Waals surface area contributed by atoms with Gasteiger partial charge in [-0.2, -0.15) is 0 Å². The largest absolute Gasteiger partial charge is 0.356 e. The Morgan fingerprint density at radius 1 is 0.969 bits per heavy atom. The van der Waals surface area contributed by atoms with Gasteiger partial charge in [-0.3, -0.25) is 9.59 Å². The fraction of sp³-hybridized carbons (Fsp3) is 0.500. The minimum atomic E-state index is -0.449. The fourth-order valence-corrected chi connectivity index (χ4v) is 5.49. The third-order valence-electron chi connectivity index (χ3n) is 7.41. The molecule has 1 heterocycles. The van der Waals surface area contributed by atoms with Crippen molar-refractivity contribution in [1.82, 2.24) is 10.2 Å². The van der Waals surface area contributed by atoms with Gasteiger partial charge in [0.2, 0.25) is 11.8 Å². The molecule has 1 saturated heterocycles. The topological polar surface area (TPSA) is 49.4 Å². The van der Waals surface area contributed by atoms with E-state index < -0.39 is 5.41 Å². The van der Waals surface area contributed by atoms with Crippen molar-refractivity contribution in [3.05, 3.63) is 60.2 Å². The van der Waals surface area contributed by atoms with Crippen LogP contribution in [0.25, 0.3) is 11.1 Å². The summed E-state index contributed by atoms with van der Waals surface area (Å²) in [7, 11) is 0. The van der Waals surface area contributed by atoms with Crippen molar-refractivity contribution in [3.8, 4) is 11.1 Å². The van der Waals surface area contributed by atoms with E-state index in [0.29, 0.717) is 38.4 Å². The molecule has 1 N–H and O–H groups in total. The molecule has 4 heteroatoms. The number of carbonyl (C=O) groups excluding carboxylic acids is 2. The van der Waals surface area contributed by atoms with Gasteiger partial charge in [0.15, 0.2) is 0 Å². The first kappa shape index (κ1) is 22.6. The van der Waals surface area contributed by atoms with E-state index in [2.05, 4.69) is 53.8 Å². The van der Waals surface area contributed by atoms with Crippen molar-refractivity contribution >= 4 is 11.8 Å². The molecular weight excluding hydrogens is 396 g/mol. The highest BCUT2D eigenvalue weighted by Gasteiger charge is 2.42. The normalized spacial score (nSPS) is 18.5. The first-order valence-electron chi connectivity index (χ1n) is 12.3. The van der Waals surface area contributed by atoms with E-state index in [1.54, 1.807) is 0 Å². The smallest absolute Gasteiger partial charge is 0.226 e. The molecule has 32 heavy (non-hydrogen) atoms. The zero-order chi connectivity index (χ0) is 22.4. The Morgan fingerprint density at radius 2 is 1.66 bits per heavy atom. The lowest BCUT2D eigenvalue weighted by Gasteiger charge is -2.41. The predicted molar refractivity (Wildman–Crippen MR) is 129 cm³/mol. The maximum absolute atomic E-state index is 13.2. The molecule has 1 aliphatic heterocycles. The van der Waals surface area contributed by atoms with Gasteiger partial charge in [0.25, 0.3) is 0 Å². The van der Waals surface area contributed by atoms with Crippen LogP contribution < -0.4 is 5.32 Å². The minimum Gasteiger partial charge on any atom is -0.356 e. The Balaban J connectivity index is 1.47. The average Bonchev–Trinajstić information content (AvgIpc) is 3.33. The summed E-state index contributed by atoms with van der Waals surface area (Å²) in [5.41, 5.74) is 3.10. The summed E-state index contributed by atoms with van der Waals surface area (Å²) >= 11 is 0. The number of likely N-dealkylation sites (tertiary alicyclic amines) is 1. The number of carbonyl (C=O) groups is 2. The first-order valence-corrected chi connectivity index (χ1v) is 12.3. The van der Waals surface area contributed by atoms with E-state index in [9.17, 15) is 9.59 Å². The number of nitrogens with zero attached hydrogens (tertiary/aromatic N) is 1. The molecule has 4 nitrogen and oxygen atoms in total. The zero-order valence-electron chi connectivity index (χ0n) is 19.3. The highest BCUT2D eigenvalue weighted by molar-refractivity contribution is 5.84. The van der Waals surface area contributed by atoms with Gasteiger partial charge in [0.1, 0.15) is 0 Å². The highest BCUT2D eigenvalue weighted by atomic mass is 16.2. The number of piperidine rings is 1. The molecule has 170 valence electrons. The SMILES string of the molecule is CCNC(=O)C1(Cc2cccc(-c3ccccc3)c2)CCN(C(=O)CC2CCCC2)CC1. The molecule has 4 rings (SSSR count). The number of hydrogen-bond donors (Lipinski definition) is 1. The van der Waals surface area contributed by atoms with E-state index >= 15 is 0 Å². The summed E-state index contributed by atoms with van der Waals surface area (Å²) in [4.78, 5) is 28.1. The quantitative estimate of drug-likeness (QED) is 0.652. The average molecular weight is 433 g/mol. The second kappa shape index (κ2) is 10.3. The van der Waals surface area contributed by atoms with E-state index in [4.69, 9.17) is 0 Å². The molecule has 0 spiro atoms. The Labute approximate surface area is 192 Å². The number of amides is 2. The standard InChI is InChI=1S/C28H36N2O2/c1-2-29-27(32)28(15-17-30(18-16-28)26(31)20-22-9-6-7-10-22)21-23-11-8-14-25(19-23)24-12-4-3-5-13-24/h3-5,8,11-14,19,22H,2,6-7,9-10,15-18,20-21H2,1H3,(H,29,32). The summed E-state index contributed by atoms with van der Waals surface area (Å²) in [6.07, 6.45) is 7.77. The van der Waals surface area contributed by atoms with Gasteiger partial charge in [-0.15, -0.1) is 0 Å². The van der Waals surface area contributed by atoms with Crippen LogP contribution >= 0.6 is 0 Å². The third kappa shape index (κ3) is 5.23. The van der Waals surface area contributed by atoms with Crippen LogP contribution in [0.2, 0.25) is 0 Å². The Bertz CT molecular complexity index is 910. The second-order valence-corrected chi connectivity index (χ2v) is 9.62. The summed E-state index contributed by atoms with van der Waals surface area (Å²) < 4.78 is 0. The first-order chi connectivity index (χ1) is 15.6. The molecule has 2 amide bonds. The maximum Gasteiger partial charge on any atom is 0.226 e. The maximum atomic E-state index is 13.2. The lowest BCUT2D eigenvalue weighted by molar-refractivity contribution is -0.141. The van der Waals surface area contributed by atoms with Crippen molar-refractivity contribution in [2.75, 3.05) is 19.6 Å². The van der Waals surface area contributed by atoms with Crippen molar-refractivity contribution in [2.45, 2.75) is 58.3 Å². The number of hydrogen-bond acceptors (Lipinski definition) is 2. The molecule has 1 aliphatic carbocycles. The van der Waals surface area contributed by atoms with E-state index in [1.165, 1.54) is 42.4 Å². The fourth-order valence-electron chi connectivity index (χ4n) is 5.49. The molecule has 0 atom stereocenters. The zero-order valence-corrected chi connectivity index (χ0v) is 19.3. The molecule has 2 aromatic carbocycles. The predicted octanol–water partition coefficient (Wildman–Crippen LogP) is 5.22. The van der Waals surface area contributed by atoms with Crippen LogP contribution in [0.4, 0.5) is 0 Å². The molecule has 2 aliphatic rings. The van der Waals surface area contributed by atoms with Gasteiger partial charge >= 0.3 is 0 Å². The van der Waals surface area contributed by atoms with E-state index in [-0.39, 0.29) is 11.8 Å². The lowest BCUT2D eigenvalue weighted by Crippen LogP contribution is -2.51. The highest BCUT2D eigenvalue weighted by Crippen LogP contribution is 2.37. The van der Waals surface area contributed by atoms with Crippen molar-refractivity contribution < 1.29 is 9.59 Å². The van der Waals surface area contributed by atoms with Gasteiger partial charge in [-0.25, -0.2) is 0 Å². The van der Waals surface area contributed by atoms with Crippen LogP contribution in [0.15, 0.2) is 54.6 Å². The molecule has 2 aromatic rings. The van der Waals surface area contributed by atoms with Crippen LogP contribution in [-0.2, 0) is 16.0 Å². The Kier molecular flexibility index (Phi) is 7.29. The molecule has 2 fully saturated rings. The van der Waals surface area contributed by atoms with Crippen LogP contribution in [-0.4, -0.2) is 36.3 Å². The molecule has 0 unspecified atom stereocenters. The van der Waals surface area contributed by atoms with Crippen molar-refractivity contribution in [2.24, 2.45) is 11.3 Å². The molecule has 0 bridgehead atoms. The third-order valence-corrected chi connectivity index (χ3v) is 7.41. The van der Waals surface area contributed by atoms with Crippen LogP contribution in [0.1, 0.15) is 57.4 Å². The van der Waals surface area contributed by atoms with Gasteiger partial charge in [0.05, 0.1) is 5.41 Å².